The normalized spacial score (nSPS) is 10.8. The summed E-state index contributed by atoms with van der Waals surface area (Å²) in [4.78, 5) is 22.1. The van der Waals surface area contributed by atoms with Gasteiger partial charge in [-0.25, -0.2) is 0 Å². The number of nitrogens with zero attached hydrogens (tertiary/aromatic N) is 1. The van der Waals surface area contributed by atoms with E-state index in [9.17, 15) is 23.3 Å². The van der Waals surface area contributed by atoms with Gasteiger partial charge in [0.25, 0.3) is 11.6 Å². The second kappa shape index (κ2) is 8.62. The van der Waals surface area contributed by atoms with E-state index in [1.54, 1.807) is 24.3 Å². The molecule has 0 bridgehead atoms. The van der Waals surface area contributed by atoms with Crippen LogP contribution in [0.1, 0.15) is 10.4 Å². The molecule has 9 nitrogen and oxygen atoms in total. The smallest absolute Gasteiger partial charge is 0.346 e. The molecule has 0 spiro atoms. The van der Waals surface area contributed by atoms with Gasteiger partial charge in [0.2, 0.25) is 0 Å². The van der Waals surface area contributed by atoms with Crippen LogP contribution in [0.15, 0.2) is 77.7 Å². The van der Waals surface area contributed by atoms with E-state index >= 15 is 0 Å². The number of nitro groups is 1. The zero-order chi connectivity index (χ0) is 21.7. The predicted octanol–water partition coefficient (Wildman–Crippen LogP) is 3.62. The molecule has 0 unspecified atom stereocenters. The van der Waals surface area contributed by atoms with E-state index in [-0.39, 0.29) is 5.75 Å². The van der Waals surface area contributed by atoms with Crippen molar-refractivity contribution in [3.63, 3.8) is 0 Å². The monoisotopic (exact) mass is 428 g/mol. The molecule has 0 saturated carbocycles. The fourth-order valence-corrected chi connectivity index (χ4v) is 3.71. The molecule has 0 aromatic heterocycles. The summed E-state index contributed by atoms with van der Waals surface area (Å²) >= 11 is 0. The fraction of sp³-hybridized carbons (Fsp3) is 0.0500. The summed E-state index contributed by atoms with van der Waals surface area (Å²) in [5.74, 6) is -0.0670. The first kappa shape index (κ1) is 20.8. The lowest BCUT2D eigenvalue weighted by molar-refractivity contribution is -0.387. The van der Waals surface area contributed by atoms with Crippen LogP contribution in [-0.2, 0) is 10.1 Å². The molecule has 1 amide bonds. The molecule has 0 aliphatic rings. The Hall–Kier alpha value is -3.92. The van der Waals surface area contributed by atoms with Crippen LogP contribution < -0.4 is 14.2 Å². The number of hydrogen-bond donors (Lipinski definition) is 1. The van der Waals surface area contributed by atoms with Crippen LogP contribution in [0.5, 0.6) is 11.5 Å². The maximum atomic E-state index is 12.4. The van der Waals surface area contributed by atoms with Crippen molar-refractivity contribution in [1.82, 2.24) is 0 Å². The zero-order valence-corrected chi connectivity index (χ0v) is 16.5. The lowest BCUT2D eigenvalue weighted by Gasteiger charge is -2.10. The third-order valence-corrected chi connectivity index (χ3v) is 5.30. The van der Waals surface area contributed by atoms with Gasteiger partial charge in [0.15, 0.2) is 4.90 Å². The molecule has 3 rings (SSSR count). The third kappa shape index (κ3) is 4.55. The van der Waals surface area contributed by atoms with Crippen LogP contribution in [0.25, 0.3) is 0 Å². The van der Waals surface area contributed by atoms with Crippen LogP contribution in [0.2, 0.25) is 0 Å². The molecular weight excluding hydrogens is 412 g/mol. The van der Waals surface area contributed by atoms with E-state index in [4.69, 9.17) is 8.92 Å². The van der Waals surface area contributed by atoms with Crippen molar-refractivity contribution in [3.8, 4) is 11.5 Å². The number of anilines is 1. The summed E-state index contributed by atoms with van der Waals surface area (Å²) in [6.07, 6.45) is 0. The maximum absolute atomic E-state index is 12.4. The largest absolute Gasteiger partial charge is 0.496 e. The van der Waals surface area contributed by atoms with Gasteiger partial charge in [0.1, 0.15) is 11.5 Å². The Kier molecular flexibility index (Phi) is 5.98. The van der Waals surface area contributed by atoms with Gasteiger partial charge < -0.3 is 14.2 Å². The van der Waals surface area contributed by atoms with Crippen molar-refractivity contribution < 1.29 is 27.1 Å². The number of ether oxygens (including phenoxy) is 1. The number of benzene rings is 3. The van der Waals surface area contributed by atoms with Crippen LogP contribution in [0.4, 0.5) is 11.4 Å². The first-order chi connectivity index (χ1) is 14.3. The van der Waals surface area contributed by atoms with Gasteiger partial charge in [-0.05, 0) is 42.5 Å². The Morgan fingerprint density at radius 3 is 2.27 bits per heavy atom. The molecule has 0 fully saturated rings. The molecule has 3 aromatic rings. The minimum absolute atomic E-state index is 0.0663. The second-order valence-corrected chi connectivity index (χ2v) is 7.46. The van der Waals surface area contributed by atoms with Gasteiger partial charge in [-0.15, -0.1) is 0 Å². The molecule has 0 aliphatic heterocycles. The number of methoxy groups -OCH3 is 1. The molecule has 10 heteroatoms. The molecular formula is C20H16N2O7S. The van der Waals surface area contributed by atoms with Gasteiger partial charge in [0.05, 0.1) is 17.6 Å². The fourth-order valence-electron chi connectivity index (χ4n) is 2.62. The number of nitro benzene ring substituents is 1. The van der Waals surface area contributed by atoms with E-state index in [2.05, 4.69) is 5.32 Å². The van der Waals surface area contributed by atoms with E-state index in [1.807, 2.05) is 0 Å². The number of amides is 1. The number of para-hydroxylation sites is 2. The quantitative estimate of drug-likeness (QED) is 0.346. The minimum Gasteiger partial charge on any atom is -0.496 e. The van der Waals surface area contributed by atoms with Crippen LogP contribution in [0, 0.1) is 10.1 Å². The molecule has 3 aromatic carbocycles. The Morgan fingerprint density at radius 1 is 0.967 bits per heavy atom. The average Bonchev–Trinajstić information content (AvgIpc) is 2.74. The molecule has 0 saturated heterocycles. The van der Waals surface area contributed by atoms with Crippen molar-refractivity contribution >= 4 is 27.4 Å². The first-order valence-electron chi connectivity index (χ1n) is 8.54. The molecule has 0 aliphatic carbocycles. The van der Waals surface area contributed by atoms with Crippen molar-refractivity contribution in [3.05, 3.63) is 88.5 Å². The van der Waals surface area contributed by atoms with Crippen molar-refractivity contribution in [2.45, 2.75) is 4.90 Å². The molecule has 0 atom stereocenters. The van der Waals surface area contributed by atoms with Gasteiger partial charge in [0, 0.05) is 11.8 Å². The van der Waals surface area contributed by atoms with E-state index in [0.717, 1.165) is 12.1 Å². The Balaban J connectivity index is 1.76. The lowest BCUT2D eigenvalue weighted by Crippen LogP contribution is -2.13. The highest BCUT2D eigenvalue weighted by atomic mass is 32.2. The number of nitrogens with one attached hydrogen (secondary N) is 1. The topological polar surface area (TPSA) is 125 Å². The standard InChI is InChI=1S/C20H16N2O7S/c1-28-18-8-4-2-6-16(18)20(23)21-14-10-12-15(13-11-14)29-30(26,27)19-9-5-3-7-17(19)22(24)25/h2-13H,1H3,(H,21,23). The van der Waals surface area contributed by atoms with E-state index in [1.165, 1.54) is 43.5 Å². The average molecular weight is 428 g/mol. The van der Waals surface area contributed by atoms with Crippen molar-refractivity contribution in [1.29, 1.82) is 0 Å². The molecule has 0 heterocycles. The highest BCUT2D eigenvalue weighted by Gasteiger charge is 2.27. The van der Waals surface area contributed by atoms with Gasteiger partial charge in [-0.2, -0.15) is 8.42 Å². The zero-order valence-electron chi connectivity index (χ0n) is 15.6. The van der Waals surface area contributed by atoms with Gasteiger partial charge in [-0.3, -0.25) is 14.9 Å². The van der Waals surface area contributed by atoms with Gasteiger partial charge >= 0.3 is 10.1 Å². The second-order valence-electron chi connectivity index (χ2n) is 5.94. The Morgan fingerprint density at radius 2 is 1.60 bits per heavy atom. The summed E-state index contributed by atoms with van der Waals surface area (Å²) in [6, 6.07) is 17.1. The van der Waals surface area contributed by atoms with Crippen molar-refractivity contribution in [2.24, 2.45) is 0 Å². The first-order valence-corrected chi connectivity index (χ1v) is 9.95. The summed E-state index contributed by atoms with van der Waals surface area (Å²) in [6.45, 7) is 0. The maximum Gasteiger partial charge on any atom is 0.346 e. The summed E-state index contributed by atoms with van der Waals surface area (Å²) in [7, 11) is -2.97. The highest BCUT2D eigenvalue weighted by Crippen LogP contribution is 2.27. The summed E-state index contributed by atoms with van der Waals surface area (Å²) in [5.41, 5.74) is 0.138. The lowest BCUT2D eigenvalue weighted by atomic mass is 10.2. The Labute approximate surface area is 172 Å². The Bertz CT molecular complexity index is 1190. The molecule has 154 valence electrons. The van der Waals surface area contributed by atoms with Gasteiger partial charge in [-0.1, -0.05) is 24.3 Å². The molecule has 1 N–H and O–H groups in total. The van der Waals surface area contributed by atoms with Crippen LogP contribution in [0.3, 0.4) is 0 Å². The summed E-state index contributed by atoms with van der Waals surface area (Å²) < 4.78 is 35.0. The third-order valence-electron chi connectivity index (χ3n) is 4.00. The number of carbonyl (C=O) groups is 1. The summed E-state index contributed by atoms with van der Waals surface area (Å²) in [5, 5.41) is 13.7. The SMILES string of the molecule is COc1ccccc1C(=O)Nc1ccc(OS(=O)(=O)c2ccccc2[N+](=O)[O-])cc1. The van der Waals surface area contributed by atoms with E-state index < -0.39 is 31.5 Å². The molecule has 30 heavy (non-hydrogen) atoms. The van der Waals surface area contributed by atoms with Crippen molar-refractivity contribution in [2.75, 3.05) is 12.4 Å². The number of carbonyl (C=O) groups excluding carboxylic acids is 1. The molecule has 0 radical (unpaired) electrons. The number of hydrogen-bond acceptors (Lipinski definition) is 7. The number of rotatable bonds is 7. The van der Waals surface area contributed by atoms with E-state index in [0.29, 0.717) is 17.0 Å². The van der Waals surface area contributed by atoms with Crippen LogP contribution >= 0.6 is 0 Å². The minimum atomic E-state index is -4.42. The van der Waals surface area contributed by atoms with Crippen LogP contribution in [-0.4, -0.2) is 26.4 Å². The predicted molar refractivity (Wildman–Crippen MR) is 108 cm³/mol. The highest BCUT2D eigenvalue weighted by molar-refractivity contribution is 7.87.